The molecule has 1 atom stereocenters. The lowest BCUT2D eigenvalue weighted by Crippen LogP contribution is -2.44. The SMILES string of the molecule is Cc1cccc(C)c1-c1nc2nc(c1F)OC[C@@H](CCC(C)(C)C)N(Cc1cnc3cc(C(C)C)n(C)c3n1)C(=O)c1cccc(c1)S(=O)(=O)N2. The second-order valence-electron chi connectivity index (χ2n) is 14.8. The van der Waals surface area contributed by atoms with Gasteiger partial charge >= 0.3 is 0 Å². The smallest absolute Gasteiger partial charge is 0.264 e. The minimum absolute atomic E-state index is 0.0442. The van der Waals surface area contributed by atoms with Gasteiger partial charge < -0.3 is 14.2 Å². The van der Waals surface area contributed by atoms with Crippen LogP contribution in [0.15, 0.2) is 59.6 Å². The number of amides is 1. The maximum absolute atomic E-state index is 16.5. The first-order chi connectivity index (χ1) is 24.0. The molecule has 2 aromatic carbocycles. The number of rotatable bonds is 6. The Morgan fingerprint density at radius 2 is 1.75 bits per heavy atom. The van der Waals surface area contributed by atoms with E-state index >= 15 is 4.39 Å². The Balaban J connectivity index is 1.51. The molecular weight excluding hydrogens is 670 g/mol. The number of nitrogens with zero attached hydrogens (tertiary/aromatic N) is 6. The Bertz CT molecular complexity index is 2230. The number of aryl methyl sites for hydroxylation is 3. The minimum Gasteiger partial charge on any atom is -0.473 e. The summed E-state index contributed by atoms with van der Waals surface area (Å²) in [7, 11) is -2.37. The quantitative estimate of drug-likeness (QED) is 0.194. The van der Waals surface area contributed by atoms with E-state index in [4.69, 9.17) is 9.72 Å². The average Bonchev–Trinajstić information content (AvgIpc) is 3.40. The second-order valence-corrected chi connectivity index (χ2v) is 16.4. The molecule has 0 fully saturated rings. The summed E-state index contributed by atoms with van der Waals surface area (Å²) >= 11 is 0. The Kier molecular flexibility index (Phi) is 9.62. The Hall–Kier alpha value is -4.91. The molecule has 0 saturated heterocycles. The fourth-order valence-corrected chi connectivity index (χ4v) is 7.46. The van der Waals surface area contributed by atoms with Crippen LogP contribution in [0.5, 0.6) is 5.88 Å². The summed E-state index contributed by atoms with van der Waals surface area (Å²) in [5.41, 5.74) is 5.00. The molecule has 0 radical (unpaired) electrons. The number of carbonyl (C=O) groups excluding carboxylic acids is 1. The zero-order valence-electron chi connectivity index (χ0n) is 30.3. The summed E-state index contributed by atoms with van der Waals surface area (Å²) in [4.78, 5) is 34.2. The summed E-state index contributed by atoms with van der Waals surface area (Å²) < 4.78 is 54.5. The fourth-order valence-electron chi connectivity index (χ4n) is 6.47. The molecule has 6 rings (SSSR count). The van der Waals surface area contributed by atoms with E-state index in [0.717, 1.165) is 22.3 Å². The molecule has 13 heteroatoms. The molecule has 1 amide bonds. The van der Waals surface area contributed by atoms with Crippen molar-refractivity contribution in [2.24, 2.45) is 12.5 Å². The molecule has 1 aliphatic heterocycles. The molecular formula is C38H44FN7O4S. The first-order valence-corrected chi connectivity index (χ1v) is 18.5. The number of benzene rings is 2. The molecule has 0 unspecified atom stereocenters. The van der Waals surface area contributed by atoms with Crippen LogP contribution < -0.4 is 9.46 Å². The molecule has 11 nitrogen and oxygen atoms in total. The lowest BCUT2D eigenvalue weighted by molar-refractivity contribution is 0.0546. The van der Waals surface area contributed by atoms with Crippen LogP contribution in [0, 0.1) is 25.1 Å². The largest absolute Gasteiger partial charge is 0.473 e. The van der Waals surface area contributed by atoms with Crippen molar-refractivity contribution >= 4 is 33.0 Å². The molecule has 0 saturated carbocycles. The maximum atomic E-state index is 16.5. The number of hydrogen-bond acceptors (Lipinski definition) is 8. The van der Waals surface area contributed by atoms with Crippen LogP contribution >= 0.6 is 0 Å². The summed E-state index contributed by atoms with van der Waals surface area (Å²) in [5, 5.41) is 0. The predicted octanol–water partition coefficient (Wildman–Crippen LogP) is 7.34. The molecule has 3 aromatic heterocycles. The molecule has 4 heterocycles. The molecule has 4 bridgehead atoms. The van der Waals surface area contributed by atoms with Crippen molar-refractivity contribution in [1.82, 2.24) is 29.4 Å². The van der Waals surface area contributed by atoms with Gasteiger partial charge in [0.05, 0.1) is 29.4 Å². The van der Waals surface area contributed by atoms with Gasteiger partial charge in [0.25, 0.3) is 21.8 Å². The van der Waals surface area contributed by atoms with E-state index in [0.29, 0.717) is 29.7 Å². The summed E-state index contributed by atoms with van der Waals surface area (Å²) in [6.45, 7) is 14.1. The first kappa shape index (κ1) is 35.9. The van der Waals surface area contributed by atoms with E-state index in [-0.39, 0.29) is 46.6 Å². The number of anilines is 1. The number of halogens is 1. The number of ether oxygens (including phenoxy) is 1. The molecule has 1 N–H and O–H groups in total. The van der Waals surface area contributed by atoms with Crippen molar-refractivity contribution in [3.8, 4) is 17.1 Å². The van der Waals surface area contributed by atoms with E-state index in [1.165, 1.54) is 18.2 Å². The number of aromatic nitrogens is 5. The van der Waals surface area contributed by atoms with Gasteiger partial charge in [-0.15, -0.1) is 0 Å². The standard InChI is InChI=1S/C38H44FN7O4S/c1-22(2)30-18-29-34(45(30)8)41-26(19-40-29)20-46-27(15-16-38(5,6)7)21-50-35-32(39)33(31-23(3)11-9-12-24(31)4)42-37(43-35)44-51(48,49)28-14-10-13-25(17-28)36(46)47/h9-14,17-19,22,27H,15-16,20-21H2,1-8H3,(H,42,43,44)/t27-/m1/s1. The van der Waals surface area contributed by atoms with Crippen LogP contribution in [0.2, 0.25) is 0 Å². The Morgan fingerprint density at radius 3 is 2.43 bits per heavy atom. The normalized spacial score (nSPS) is 16.3. The van der Waals surface area contributed by atoms with Crippen molar-refractivity contribution in [1.29, 1.82) is 0 Å². The third-order valence-electron chi connectivity index (χ3n) is 9.24. The molecule has 0 spiro atoms. The average molecular weight is 714 g/mol. The van der Waals surface area contributed by atoms with Crippen LogP contribution in [0.25, 0.3) is 22.4 Å². The number of sulfonamides is 1. The number of fused-ring (bicyclic) bond motifs is 5. The van der Waals surface area contributed by atoms with Crippen LogP contribution in [0.1, 0.15) is 86.3 Å². The molecule has 5 aromatic rings. The number of nitrogens with one attached hydrogen (secondary N) is 1. The number of carbonyl (C=O) groups is 1. The summed E-state index contributed by atoms with van der Waals surface area (Å²) in [6.07, 6.45) is 2.85. The van der Waals surface area contributed by atoms with Gasteiger partial charge in [0.1, 0.15) is 17.8 Å². The van der Waals surface area contributed by atoms with Crippen LogP contribution in [0.3, 0.4) is 0 Å². The third kappa shape index (κ3) is 7.44. The molecule has 1 aliphatic rings. The Labute approximate surface area is 298 Å². The summed E-state index contributed by atoms with van der Waals surface area (Å²) in [6, 6.07) is 12.7. The monoisotopic (exact) mass is 713 g/mol. The topological polar surface area (TPSA) is 132 Å². The van der Waals surface area contributed by atoms with Crippen molar-refractivity contribution in [2.45, 2.75) is 84.7 Å². The maximum Gasteiger partial charge on any atom is 0.264 e. The highest BCUT2D eigenvalue weighted by molar-refractivity contribution is 7.92. The van der Waals surface area contributed by atoms with E-state index in [9.17, 15) is 13.2 Å². The van der Waals surface area contributed by atoms with E-state index in [1.807, 2.05) is 49.7 Å². The van der Waals surface area contributed by atoms with Crippen molar-refractivity contribution in [2.75, 3.05) is 11.3 Å². The van der Waals surface area contributed by atoms with Crippen molar-refractivity contribution in [3.63, 3.8) is 0 Å². The van der Waals surface area contributed by atoms with Crippen LogP contribution in [-0.4, -0.2) is 56.4 Å². The van der Waals surface area contributed by atoms with Gasteiger partial charge in [0.15, 0.2) is 5.65 Å². The highest BCUT2D eigenvalue weighted by Gasteiger charge is 2.31. The molecule has 0 aliphatic carbocycles. The van der Waals surface area contributed by atoms with Gasteiger partial charge in [-0.05, 0) is 73.4 Å². The van der Waals surface area contributed by atoms with E-state index < -0.39 is 33.7 Å². The van der Waals surface area contributed by atoms with Crippen molar-refractivity contribution < 1.29 is 22.3 Å². The lowest BCUT2D eigenvalue weighted by Gasteiger charge is -2.33. The fraction of sp³-hybridized carbons (Fsp3) is 0.395. The first-order valence-electron chi connectivity index (χ1n) is 17.0. The highest BCUT2D eigenvalue weighted by atomic mass is 32.2. The van der Waals surface area contributed by atoms with Crippen LogP contribution in [0.4, 0.5) is 10.3 Å². The van der Waals surface area contributed by atoms with Crippen molar-refractivity contribution in [3.05, 3.63) is 88.6 Å². The van der Waals surface area contributed by atoms with Gasteiger partial charge in [0, 0.05) is 23.9 Å². The van der Waals surface area contributed by atoms with Gasteiger partial charge in [-0.2, -0.15) is 9.37 Å². The third-order valence-corrected chi connectivity index (χ3v) is 10.6. The van der Waals surface area contributed by atoms with Gasteiger partial charge in [-0.3, -0.25) is 9.78 Å². The predicted molar refractivity (Wildman–Crippen MR) is 195 cm³/mol. The summed E-state index contributed by atoms with van der Waals surface area (Å²) in [5.74, 6) is -1.79. The molecule has 51 heavy (non-hydrogen) atoms. The second kappa shape index (κ2) is 13.7. The Morgan fingerprint density at radius 1 is 1.04 bits per heavy atom. The van der Waals surface area contributed by atoms with E-state index in [1.54, 1.807) is 17.2 Å². The number of hydrogen-bond donors (Lipinski definition) is 1. The minimum atomic E-state index is -4.32. The van der Waals surface area contributed by atoms with Gasteiger partial charge in [-0.25, -0.2) is 23.1 Å². The van der Waals surface area contributed by atoms with Gasteiger partial charge in [-0.1, -0.05) is 58.9 Å². The zero-order valence-corrected chi connectivity index (χ0v) is 31.1. The van der Waals surface area contributed by atoms with E-state index in [2.05, 4.69) is 54.3 Å². The van der Waals surface area contributed by atoms with Gasteiger partial charge in [0.2, 0.25) is 11.8 Å². The zero-order chi connectivity index (χ0) is 36.8. The lowest BCUT2D eigenvalue weighted by atomic mass is 9.88. The molecule has 268 valence electrons. The highest BCUT2D eigenvalue weighted by Crippen LogP contribution is 2.34. The van der Waals surface area contributed by atoms with Crippen LogP contribution in [-0.2, 0) is 23.6 Å².